The van der Waals surface area contributed by atoms with E-state index >= 15 is 0 Å². The predicted molar refractivity (Wildman–Crippen MR) is 74.9 cm³/mol. The van der Waals surface area contributed by atoms with Gasteiger partial charge in [-0.05, 0) is 34.5 Å². The molecule has 6 heteroatoms. The van der Waals surface area contributed by atoms with Crippen LogP contribution in [0.25, 0.3) is 0 Å². The van der Waals surface area contributed by atoms with Crippen molar-refractivity contribution in [1.29, 1.82) is 0 Å². The van der Waals surface area contributed by atoms with Gasteiger partial charge in [-0.25, -0.2) is 0 Å². The van der Waals surface area contributed by atoms with Crippen molar-refractivity contribution in [2.45, 2.75) is 13.8 Å². The molecule has 0 aliphatic carbocycles. The highest BCUT2D eigenvalue weighted by Crippen LogP contribution is 2.28. The summed E-state index contributed by atoms with van der Waals surface area (Å²) in [6.07, 6.45) is 0. The first kappa shape index (κ1) is 15.2. The third-order valence-corrected chi connectivity index (χ3v) is 4.69. The van der Waals surface area contributed by atoms with Gasteiger partial charge in [-0.15, -0.1) is 11.3 Å². The number of carbonyl (C=O) groups excluding carboxylic acids is 2. The van der Waals surface area contributed by atoms with Gasteiger partial charge in [0.25, 0.3) is 5.91 Å². The average Bonchev–Trinajstić information content (AvgIpc) is 2.67. The Morgan fingerprint density at radius 2 is 2.17 bits per heavy atom. The predicted octanol–water partition coefficient (Wildman–Crippen LogP) is 2.70. The van der Waals surface area contributed by atoms with Crippen LogP contribution in [0.4, 0.5) is 0 Å². The maximum Gasteiger partial charge on any atom is 0.310 e. The van der Waals surface area contributed by atoms with Gasteiger partial charge >= 0.3 is 5.97 Å². The van der Waals surface area contributed by atoms with Crippen LogP contribution < -0.4 is 0 Å². The van der Waals surface area contributed by atoms with Gasteiger partial charge < -0.3 is 9.64 Å². The third kappa shape index (κ3) is 3.55. The highest BCUT2D eigenvalue weighted by molar-refractivity contribution is 9.11. The summed E-state index contributed by atoms with van der Waals surface area (Å²) in [4.78, 5) is 25.6. The second kappa shape index (κ2) is 6.33. The molecule has 0 aliphatic rings. The van der Waals surface area contributed by atoms with Gasteiger partial charge in [-0.3, -0.25) is 9.59 Å². The number of hydrogen-bond donors (Lipinski definition) is 0. The minimum Gasteiger partial charge on any atom is -0.469 e. The van der Waals surface area contributed by atoms with Crippen LogP contribution in [0.15, 0.2) is 9.85 Å². The molecule has 4 nitrogen and oxygen atoms in total. The lowest BCUT2D eigenvalue weighted by Gasteiger charge is -2.19. The number of halogens is 1. The normalized spacial score (nSPS) is 12.1. The number of esters is 1. The fourth-order valence-corrected chi connectivity index (χ4v) is 3.05. The van der Waals surface area contributed by atoms with Crippen molar-refractivity contribution >= 4 is 39.1 Å². The van der Waals surface area contributed by atoms with Gasteiger partial charge in [0, 0.05) is 13.6 Å². The molecule has 1 heterocycles. The molecule has 1 unspecified atom stereocenters. The van der Waals surface area contributed by atoms with Crippen molar-refractivity contribution in [2.75, 3.05) is 20.7 Å². The van der Waals surface area contributed by atoms with E-state index in [4.69, 9.17) is 0 Å². The molecule has 1 aromatic heterocycles. The highest BCUT2D eigenvalue weighted by atomic mass is 79.9. The van der Waals surface area contributed by atoms with Crippen LogP contribution in [0.2, 0.25) is 0 Å². The van der Waals surface area contributed by atoms with Gasteiger partial charge in [0.15, 0.2) is 0 Å². The van der Waals surface area contributed by atoms with Crippen LogP contribution in [0, 0.1) is 12.8 Å². The number of carbonyl (C=O) groups is 2. The summed E-state index contributed by atoms with van der Waals surface area (Å²) < 4.78 is 5.60. The van der Waals surface area contributed by atoms with Gasteiger partial charge in [0.05, 0.1) is 21.7 Å². The van der Waals surface area contributed by atoms with E-state index in [1.54, 1.807) is 18.9 Å². The van der Waals surface area contributed by atoms with Crippen molar-refractivity contribution in [3.05, 3.63) is 20.3 Å². The molecule has 0 N–H and O–H groups in total. The number of nitrogens with zero attached hydrogens (tertiary/aromatic N) is 1. The van der Waals surface area contributed by atoms with Crippen molar-refractivity contribution in [3.8, 4) is 0 Å². The van der Waals surface area contributed by atoms with E-state index in [0.717, 1.165) is 9.35 Å². The lowest BCUT2D eigenvalue weighted by molar-refractivity contribution is -0.145. The van der Waals surface area contributed by atoms with Gasteiger partial charge in [-0.2, -0.15) is 0 Å². The Bertz CT molecular complexity index is 439. The lowest BCUT2D eigenvalue weighted by Crippen LogP contribution is -2.33. The maximum absolute atomic E-state index is 12.1. The van der Waals surface area contributed by atoms with Gasteiger partial charge in [-0.1, -0.05) is 6.92 Å². The fourth-order valence-electron chi connectivity index (χ4n) is 1.52. The summed E-state index contributed by atoms with van der Waals surface area (Å²) in [5, 5.41) is 0. The molecule has 0 fully saturated rings. The van der Waals surface area contributed by atoms with Gasteiger partial charge in [0.2, 0.25) is 0 Å². The molecular weight excluding hydrogens is 318 g/mol. The number of ether oxygens (including phenoxy) is 1. The molecular formula is C12H16BrNO3S. The topological polar surface area (TPSA) is 46.6 Å². The van der Waals surface area contributed by atoms with E-state index in [1.165, 1.54) is 18.4 Å². The summed E-state index contributed by atoms with van der Waals surface area (Å²) in [5.41, 5.74) is 1.04. The Kier molecular flexibility index (Phi) is 5.34. The number of thiophene rings is 1. The molecule has 0 bridgehead atoms. The fraction of sp³-hybridized carbons (Fsp3) is 0.500. The van der Waals surface area contributed by atoms with Crippen molar-refractivity contribution in [3.63, 3.8) is 0 Å². The zero-order chi connectivity index (χ0) is 13.9. The number of rotatable bonds is 4. The Labute approximate surface area is 119 Å². The van der Waals surface area contributed by atoms with Crippen LogP contribution in [0.5, 0.6) is 0 Å². The zero-order valence-corrected chi connectivity index (χ0v) is 13.2. The van der Waals surface area contributed by atoms with Crippen LogP contribution in [-0.4, -0.2) is 37.5 Å². The molecule has 1 rings (SSSR count). The monoisotopic (exact) mass is 333 g/mol. The summed E-state index contributed by atoms with van der Waals surface area (Å²) >= 11 is 4.79. The number of amides is 1. The Morgan fingerprint density at radius 1 is 1.56 bits per heavy atom. The van der Waals surface area contributed by atoms with E-state index in [-0.39, 0.29) is 17.8 Å². The summed E-state index contributed by atoms with van der Waals surface area (Å²) in [6.45, 7) is 4.03. The molecule has 0 saturated heterocycles. The van der Waals surface area contributed by atoms with Crippen molar-refractivity contribution in [1.82, 2.24) is 4.90 Å². The second-order valence-electron chi connectivity index (χ2n) is 4.18. The third-order valence-electron chi connectivity index (χ3n) is 2.57. The number of aryl methyl sites for hydroxylation is 1. The highest BCUT2D eigenvalue weighted by Gasteiger charge is 2.21. The molecule has 1 atom stereocenters. The summed E-state index contributed by atoms with van der Waals surface area (Å²) in [5.74, 6) is -0.712. The standard InChI is InChI=1S/C12H16BrNO3S/c1-7-5-9(18-10(7)13)11(15)14(3)6-8(2)12(16)17-4/h5,8H,6H2,1-4H3. The first-order valence-electron chi connectivity index (χ1n) is 5.46. The molecule has 0 spiro atoms. The summed E-state index contributed by atoms with van der Waals surface area (Å²) in [7, 11) is 3.03. The van der Waals surface area contributed by atoms with Crippen LogP contribution in [0.3, 0.4) is 0 Å². The SMILES string of the molecule is COC(=O)C(C)CN(C)C(=O)c1cc(C)c(Br)s1. The smallest absolute Gasteiger partial charge is 0.310 e. The minimum absolute atomic E-state index is 0.0791. The van der Waals surface area contributed by atoms with E-state index in [0.29, 0.717) is 11.4 Å². The first-order chi connectivity index (χ1) is 8.36. The quantitative estimate of drug-likeness (QED) is 0.796. The van der Waals surface area contributed by atoms with Crippen LogP contribution in [0.1, 0.15) is 22.2 Å². The molecule has 18 heavy (non-hydrogen) atoms. The Morgan fingerprint density at radius 3 is 2.61 bits per heavy atom. The van der Waals surface area contributed by atoms with E-state index in [1.807, 2.05) is 13.0 Å². The molecule has 0 aliphatic heterocycles. The Hall–Kier alpha value is -0.880. The average molecular weight is 334 g/mol. The molecule has 100 valence electrons. The zero-order valence-electron chi connectivity index (χ0n) is 10.8. The van der Waals surface area contributed by atoms with Crippen molar-refractivity contribution < 1.29 is 14.3 Å². The Balaban J connectivity index is 2.70. The molecule has 0 saturated carbocycles. The van der Waals surface area contributed by atoms with E-state index < -0.39 is 0 Å². The molecule has 1 aromatic rings. The summed E-state index contributed by atoms with van der Waals surface area (Å²) in [6, 6.07) is 1.84. The lowest BCUT2D eigenvalue weighted by atomic mass is 10.1. The largest absolute Gasteiger partial charge is 0.469 e. The van der Waals surface area contributed by atoms with E-state index in [9.17, 15) is 9.59 Å². The van der Waals surface area contributed by atoms with E-state index in [2.05, 4.69) is 20.7 Å². The maximum atomic E-state index is 12.1. The second-order valence-corrected chi connectivity index (χ2v) is 6.55. The molecule has 1 amide bonds. The van der Waals surface area contributed by atoms with Crippen LogP contribution >= 0.6 is 27.3 Å². The molecule has 0 aromatic carbocycles. The first-order valence-corrected chi connectivity index (χ1v) is 7.07. The van der Waals surface area contributed by atoms with Crippen molar-refractivity contribution in [2.24, 2.45) is 5.92 Å². The number of hydrogen-bond acceptors (Lipinski definition) is 4. The molecule has 0 radical (unpaired) electrons. The van der Waals surface area contributed by atoms with Crippen LogP contribution in [-0.2, 0) is 9.53 Å². The number of methoxy groups -OCH3 is 1. The van der Waals surface area contributed by atoms with Gasteiger partial charge in [0.1, 0.15) is 0 Å². The minimum atomic E-state index is -0.326.